The first-order valence-corrected chi connectivity index (χ1v) is 5.95. The molecular weight excluding hydrogens is 245 g/mol. The van der Waals surface area contributed by atoms with Crippen molar-refractivity contribution in [3.8, 4) is 0 Å². The number of benzene rings is 1. The molecule has 1 saturated heterocycles. The van der Waals surface area contributed by atoms with Crippen LogP contribution in [0.1, 0.15) is 5.56 Å². The summed E-state index contributed by atoms with van der Waals surface area (Å²) in [7, 11) is 0. The lowest BCUT2D eigenvalue weighted by molar-refractivity contribution is -0.0312. The Morgan fingerprint density at radius 1 is 1.53 bits per heavy atom. The molecule has 0 saturated carbocycles. The summed E-state index contributed by atoms with van der Waals surface area (Å²) in [4.78, 5) is 2.06. The minimum atomic E-state index is -0.405. The van der Waals surface area contributed by atoms with E-state index in [-0.39, 0.29) is 17.7 Å². The fourth-order valence-electron chi connectivity index (χ4n) is 1.95. The fraction of sp³-hybridized carbons (Fsp3) is 0.500. The van der Waals surface area contributed by atoms with Crippen LogP contribution in [0.25, 0.3) is 0 Å². The summed E-state index contributed by atoms with van der Waals surface area (Å²) in [6.07, 6.45) is 0. The molecule has 3 nitrogen and oxygen atoms in total. The monoisotopic (exact) mass is 259 g/mol. The molecule has 1 aliphatic heterocycles. The van der Waals surface area contributed by atoms with Crippen LogP contribution in [0.15, 0.2) is 18.2 Å². The SMILES string of the molecule is OCC1COCCN1Cc1cccc(F)c1Cl. The van der Waals surface area contributed by atoms with Gasteiger partial charge in [-0.05, 0) is 11.6 Å². The van der Waals surface area contributed by atoms with Crippen LogP contribution in [-0.4, -0.2) is 42.4 Å². The molecule has 2 rings (SSSR count). The summed E-state index contributed by atoms with van der Waals surface area (Å²) in [6, 6.07) is 4.75. The Kier molecular flexibility index (Phi) is 4.34. The number of hydrogen-bond acceptors (Lipinski definition) is 3. The molecule has 0 aliphatic carbocycles. The third-order valence-electron chi connectivity index (χ3n) is 2.97. The highest BCUT2D eigenvalue weighted by Gasteiger charge is 2.23. The quantitative estimate of drug-likeness (QED) is 0.896. The van der Waals surface area contributed by atoms with Gasteiger partial charge in [-0.15, -0.1) is 0 Å². The number of rotatable bonds is 3. The lowest BCUT2D eigenvalue weighted by Gasteiger charge is -2.34. The Morgan fingerprint density at radius 2 is 2.35 bits per heavy atom. The predicted molar refractivity (Wildman–Crippen MR) is 63.5 cm³/mol. The summed E-state index contributed by atoms with van der Waals surface area (Å²) in [6.45, 7) is 2.42. The van der Waals surface area contributed by atoms with Crippen LogP contribution < -0.4 is 0 Å². The van der Waals surface area contributed by atoms with Crippen LogP contribution >= 0.6 is 11.6 Å². The highest BCUT2D eigenvalue weighted by molar-refractivity contribution is 6.31. The van der Waals surface area contributed by atoms with E-state index in [9.17, 15) is 9.50 Å². The van der Waals surface area contributed by atoms with Crippen molar-refractivity contribution in [3.05, 3.63) is 34.6 Å². The van der Waals surface area contributed by atoms with Gasteiger partial charge in [0.25, 0.3) is 0 Å². The summed E-state index contributed by atoms with van der Waals surface area (Å²) in [5.41, 5.74) is 0.743. The van der Waals surface area contributed by atoms with E-state index in [2.05, 4.69) is 4.90 Å². The number of aliphatic hydroxyl groups excluding tert-OH is 1. The van der Waals surface area contributed by atoms with E-state index in [1.165, 1.54) is 6.07 Å². The molecule has 1 aliphatic rings. The number of hydrogen-bond donors (Lipinski definition) is 1. The third-order valence-corrected chi connectivity index (χ3v) is 3.39. The summed E-state index contributed by atoms with van der Waals surface area (Å²) in [5, 5.41) is 9.40. The van der Waals surface area contributed by atoms with Crippen molar-refractivity contribution in [3.63, 3.8) is 0 Å². The van der Waals surface area contributed by atoms with Crippen molar-refractivity contribution in [1.82, 2.24) is 4.90 Å². The molecule has 0 bridgehead atoms. The van der Waals surface area contributed by atoms with Crippen LogP contribution in [0.2, 0.25) is 5.02 Å². The van der Waals surface area contributed by atoms with Crippen molar-refractivity contribution in [2.45, 2.75) is 12.6 Å². The van der Waals surface area contributed by atoms with Gasteiger partial charge in [0.15, 0.2) is 0 Å². The molecule has 5 heteroatoms. The second-order valence-electron chi connectivity index (χ2n) is 4.09. The largest absolute Gasteiger partial charge is 0.395 e. The first-order valence-electron chi connectivity index (χ1n) is 5.58. The maximum atomic E-state index is 13.3. The Labute approximate surface area is 105 Å². The molecule has 17 heavy (non-hydrogen) atoms. The first kappa shape index (κ1) is 12.8. The van der Waals surface area contributed by atoms with E-state index < -0.39 is 5.82 Å². The maximum Gasteiger partial charge on any atom is 0.142 e. The summed E-state index contributed by atoms with van der Waals surface area (Å²) < 4.78 is 18.6. The van der Waals surface area contributed by atoms with Crippen molar-refractivity contribution < 1.29 is 14.2 Å². The standard InChI is InChI=1S/C12H15ClFNO2/c13-12-9(2-1-3-11(12)14)6-15-4-5-17-8-10(15)7-16/h1-3,10,16H,4-8H2. The van der Waals surface area contributed by atoms with E-state index in [0.29, 0.717) is 19.8 Å². The van der Waals surface area contributed by atoms with Gasteiger partial charge in [-0.3, -0.25) is 4.90 Å². The highest BCUT2D eigenvalue weighted by Crippen LogP contribution is 2.22. The van der Waals surface area contributed by atoms with Gasteiger partial charge in [-0.25, -0.2) is 4.39 Å². The lowest BCUT2D eigenvalue weighted by atomic mass is 10.1. The molecule has 1 heterocycles. The van der Waals surface area contributed by atoms with Gasteiger partial charge in [0.1, 0.15) is 5.82 Å². The van der Waals surface area contributed by atoms with E-state index in [4.69, 9.17) is 16.3 Å². The smallest absolute Gasteiger partial charge is 0.142 e. The van der Waals surface area contributed by atoms with E-state index in [1.807, 2.05) is 0 Å². The van der Waals surface area contributed by atoms with Crippen LogP contribution in [0.3, 0.4) is 0 Å². The minimum Gasteiger partial charge on any atom is -0.395 e. The zero-order valence-corrected chi connectivity index (χ0v) is 10.2. The summed E-state index contributed by atoms with van der Waals surface area (Å²) in [5.74, 6) is -0.405. The Balaban J connectivity index is 2.11. The predicted octanol–water partition coefficient (Wildman–Crippen LogP) is 1.67. The fourth-order valence-corrected chi connectivity index (χ4v) is 2.14. The normalized spacial score (nSPS) is 21.7. The Hall–Kier alpha value is -0.680. The molecule has 1 atom stereocenters. The molecule has 1 N–H and O–H groups in total. The second kappa shape index (κ2) is 5.78. The average Bonchev–Trinajstić information content (AvgIpc) is 2.35. The van der Waals surface area contributed by atoms with Crippen molar-refractivity contribution >= 4 is 11.6 Å². The average molecular weight is 260 g/mol. The molecule has 0 spiro atoms. The van der Waals surface area contributed by atoms with Gasteiger partial charge in [-0.1, -0.05) is 23.7 Å². The zero-order valence-electron chi connectivity index (χ0n) is 9.40. The van der Waals surface area contributed by atoms with Crippen LogP contribution in [0.4, 0.5) is 4.39 Å². The molecule has 0 radical (unpaired) electrons. The van der Waals surface area contributed by atoms with Crippen LogP contribution in [-0.2, 0) is 11.3 Å². The van der Waals surface area contributed by atoms with Gasteiger partial charge < -0.3 is 9.84 Å². The van der Waals surface area contributed by atoms with E-state index in [0.717, 1.165) is 12.1 Å². The van der Waals surface area contributed by atoms with Gasteiger partial charge in [-0.2, -0.15) is 0 Å². The number of morpholine rings is 1. The van der Waals surface area contributed by atoms with Gasteiger partial charge in [0.05, 0.1) is 30.9 Å². The molecule has 0 aromatic heterocycles. The zero-order chi connectivity index (χ0) is 12.3. The first-order chi connectivity index (χ1) is 8.22. The molecule has 0 amide bonds. The summed E-state index contributed by atoms with van der Waals surface area (Å²) >= 11 is 5.91. The number of aliphatic hydroxyl groups is 1. The van der Waals surface area contributed by atoms with Crippen molar-refractivity contribution in [1.29, 1.82) is 0 Å². The molecule has 1 unspecified atom stereocenters. The van der Waals surface area contributed by atoms with Crippen molar-refractivity contribution in [2.75, 3.05) is 26.4 Å². The third kappa shape index (κ3) is 2.96. The molecule has 1 aromatic carbocycles. The minimum absolute atomic E-state index is 0.0347. The number of nitrogens with zero attached hydrogens (tertiary/aromatic N) is 1. The topological polar surface area (TPSA) is 32.7 Å². The van der Waals surface area contributed by atoms with Crippen LogP contribution in [0, 0.1) is 5.82 Å². The molecule has 1 fully saturated rings. The van der Waals surface area contributed by atoms with E-state index in [1.54, 1.807) is 12.1 Å². The second-order valence-corrected chi connectivity index (χ2v) is 4.47. The van der Waals surface area contributed by atoms with Crippen LogP contribution in [0.5, 0.6) is 0 Å². The Bertz CT molecular complexity index is 389. The van der Waals surface area contributed by atoms with Gasteiger partial charge >= 0.3 is 0 Å². The molecule has 1 aromatic rings. The van der Waals surface area contributed by atoms with Gasteiger partial charge in [0.2, 0.25) is 0 Å². The Morgan fingerprint density at radius 3 is 3.12 bits per heavy atom. The molecular formula is C12H15ClFNO2. The number of halogens is 2. The lowest BCUT2D eigenvalue weighted by Crippen LogP contribution is -2.46. The van der Waals surface area contributed by atoms with E-state index >= 15 is 0 Å². The highest BCUT2D eigenvalue weighted by atomic mass is 35.5. The molecule has 94 valence electrons. The van der Waals surface area contributed by atoms with Gasteiger partial charge in [0, 0.05) is 13.1 Å². The number of ether oxygens (including phenoxy) is 1. The maximum absolute atomic E-state index is 13.3. The van der Waals surface area contributed by atoms with Crippen molar-refractivity contribution in [2.24, 2.45) is 0 Å².